The third-order valence-electron chi connectivity index (χ3n) is 4.66. The molecule has 0 aliphatic carbocycles. The zero-order valence-electron chi connectivity index (χ0n) is 15.1. The predicted molar refractivity (Wildman–Crippen MR) is 95.9 cm³/mol. The zero-order valence-corrected chi connectivity index (χ0v) is 15.1. The van der Waals surface area contributed by atoms with Crippen molar-refractivity contribution in [1.29, 1.82) is 0 Å². The number of aromatic nitrogens is 1. The first-order valence-corrected chi connectivity index (χ1v) is 8.56. The maximum atomic E-state index is 13.2. The first-order valence-electron chi connectivity index (χ1n) is 8.56. The van der Waals surface area contributed by atoms with Crippen molar-refractivity contribution < 1.29 is 14.2 Å². The summed E-state index contributed by atoms with van der Waals surface area (Å²) < 4.78 is 1.86. The van der Waals surface area contributed by atoms with Crippen molar-refractivity contribution in [3.8, 4) is 0 Å². The molecule has 1 aliphatic rings. The molecule has 0 unspecified atom stereocenters. The highest BCUT2D eigenvalue weighted by atomic mass is 16.2. The molecule has 5 nitrogen and oxygen atoms in total. The Hall–Kier alpha value is -2.69. The van der Waals surface area contributed by atoms with Crippen LogP contribution in [0.5, 0.6) is 0 Å². The molecule has 5 heteroatoms. The Bertz CT molecular complexity index is 809. The molecule has 0 spiro atoms. The number of hydrogen-bond acceptors (Lipinski definition) is 2. The van der Waals surface area contributed by atoms with Gasteiger partial charge in [-0.25, -0.2) is 0 Å². The molecule has 0 saturated heterocycles. The summed E-state index contributed by atoms with van der Waals surface area (Å²) >= 11 is 0. The normalized spacial score (nSPS) is 16.8. The molecule has 1 N–H and O–H groups in total. The van der Waals surface area contributed by atoms with Crippen molar-refractivity contribution in [3.63, 3.8) is 0 Å². The van der Waals surface area contributed by atoms with E-state index in [1.807, 2.05) is 74.9 Å². The summed E-state index contributed by atoms with van der Waals surface area (Å²) in [6.45, 7) is 8.09. The van der Waals surface area contributed by atoms with E-state index in [0.29, 0.717) is 0 Å². The average molecular weight is 338 g/mol. The van der Waals surface area contributed by atoms with Crippen LogP contribution in [0.1, 0.15) is 36.7 Å². The first-order chi connectivity index (χ1) is 11.9. The number of benzene rings is 1. The van der Waals surface area contributed by atoms with Crippen LogP contribution in [0, 0.1) is 13.8 Å². The topological polar surface area (TPSA) is 53.3 Å². The predicted octanol–water partition coefficient (Wildman–Crippen LogP) is 2.52. The standard InChI is InChI=1S/C20H23N3O2/c1-13(2)23-17(24)12-22-11-6-5-10-16(22)19(23)20(25)21-18-14(3)8-7-9-15(18)4/h5-11,13,19H,12H2,1-4H3/p+1/t19-/m1/s1. The number of pyridine rings is 1. The van der Waals surface area contributed by atoms with Crippen molar-refractivity contribution in [2.45, 2.75) is 46.3 Å². The highest BCUT2D eigenvalue weighted by Gasteiger charge is 2.43. The lowest BCUT2D eigenvalue weighted by molar-refractivity contribution is -0.699. The Balaban J connectivity index is 2.02. The fourth-order valence-electron chi connectivity index (χ4n) is 3.45. The van der Waals surface area contributed by atoms with E-state index in [9.17, 15) is 9.59 Å². The van der Waals surface area contributed by atoms with E-state index in [2.05, 4.69) is 5.32 Å². The maximum absolute atomic E-state index is 13.2. The van der Waals surface area contributed by atoms with E-state index in [0.717, 1.165) is 22.5 Å². The molecular weight excluding hydrogens is 314 g/mol. The van der Waals surface area contributed by atoms with Gasteiger partial charge < -0.3 is 10.2 Å². The molecule has 0 saturated carbocycles. The summed E-state index contributed by atoms with van der Waals surface area (Å²) in [7, 11) is 0. The van der Waals surface area contributed by atoms with E-state index in [4.69, 9.17) is 0 Å². The van der Waals surface area contributed by atoms with E-state index in [1.165, 1.54) is 0 Å². The smallest absolute Gasteiger partial charge is 0.289 e. The summed E-state index contributed by atoms with van der Waals surface area (Å²) in [4.78, 5) is 27.5. The zero-order chi connectivity index (χ0) is 18.1. The SMILES string of the molecule is Cc1cccc(C)c1NC(=O)[C@H]1c2cccc[n+]2CC(=O)N1C(C)C. The molecule has 1 aromatic carbocycles. The Morgan fingerprint density at radius 2 is 1.84 bits per heavy atom. The Labute approximate surface area is 148 Å². The minimum absolute atomic E-state index is 0.0413. The van der Waals surface area contributed by atoms with E-state index >= 15 is 0 Å². The van der Waals surface area contributed by atoms with Crippen LogP contribution in [-0.2, 0) is 16.1 Å². The Kier molecular flexibility index (Phi) is 4.57. The molecule has 3 rings (SSSR count). The number of nitrogens with one attached hydrogen (secondary N) is 1. The van der Waals surface area contributed by atoms with Gasteiger partial charge in [-0.2, -0.15) is 4.57 Å². The fourth-order valence-corrected chi connectivity index (χ4v) is 3.45. The number of carbonyl (C=O) groups excluding carboxylic acids is 2. The van der Waals surface area contributed by atoms with Gasteiger partial charge in [0, 0.05) is 23.9 Å². The minimum Gasteiger partial charge on any atom is -0.323 e. The van der Waals surface area contributed by atoms with E-state index < -0.39 is 6.04 Å². The first kappa shape index (κ1) is 17.1. The molecule has 25 heavy (non-hydrogen) atoms. The minimum atomic E-state index is -0.638. The summed E-state index contributed by atoms with van der Waals surface area (Å²) in [5.41, 5.74) is 3.66. The average Bonchev–Trinajstić information content (AvgIpc) is 2.56. The summed E-state index contributed by atoms with van der Waals surface area (Å²) in [5.74, 6) is -0.223. The van der Waals surface area contributed by atoms with Crippen molar-refractivity contribution >= 4 is 17.5 Å². The van der Waals surface area contributed by atoms with E-state index in [-0.39, 0.29) is 24.4 Å². The molecule has 2 aromatic rings. The van der Waals surface area contributed by atoms with Crippen LogP contribution in [0.3, 0.4) is 0 Å². The van der Waals surface area contributed by atoms with Gasteiger partial charge in [0.25, 0.3) is 11.8 Å². The third-order valence-corrected chi connectivity index (χ3v) is 4.66. The maximum Gasteiger partial charge on any atom is 0.289 e. The lowest BCUT2D eigenvalue weighted by atomic mass is 10.0. The number of para-hydroxylation sites is 1. The number of aryl methyl sites for hydroxylation is 2. The lowest BCUT2D eigenvalue weighted by Crippen LogP contribution is -2.59. The van der Waals surface area contributed by atoms with Crippen LogP contribution < -0.4 is 9.88 Å². The van der Waals surface area contributed by atoms with Crippen molar-refractivity contribution in [1.82, 2.24) is 4.90 Å². The highest BCUT2D eigenvalue weighted by molar-refractivity contribution is 5.98. The third kappa shape index (κ3) is 3.14. The van der Waals surface area contributed by atoms with Gasteiger partial charge >= 0.3 is 0 Å². The van der Waals surface area contributed by atoms with E-state index in [1.54, 1.807) is 4.90 Å². The number of nitrogens with zero attached hydrogens (tertiary/aromatic N) is 2. The Morgan fingerprint density at radius 1 is 1.16 bits per heavy atom. The lowest BCUT2D eigenvalue weighted by Gasteiger charge is -2.35. The van der Waals surface area contributed by atoms with Crippen molar-refractivity contribution in [2.75, 3.05) is 5.32 Å². The van der Waals surface area contributed by atoms with Crippen molar-refractivity contribution in [3.05, 3.63) is 59.4 Å². The van der Waals surface area contributed by atoms with Crippen LogP contribution in [0.2, 0.25) is 0 Å². The molecule has 1 aromatic heterocycles. The summed E-state index contributed by atoms with van der Waals surface area (Å²) in [6, 6.07) is 10.9. The van der Waals surface area contributed by atoms with Gasteiger partial charge in [0.15, 0.2) is 12.2 Å². The quantitative estimate of drug-likeness (QED) is 0.875. The largest absolute Gasteiger partial charge is 0.323 e. The van der Waals surface area contributed by atoms with Crippen molar-refractivity contribution in [2.24, 2.45) is 0 Å². The molecule has 0 fully saturated rings. The van der Waals surface area contributed by atoms with Crippen LogP contribution in [0.4, 0.5) is 5.69 Å². The van der Waals surface area contributed by atoms with Gasteiger partial charge in [0.2, 0.25) is 12.2 Å². The molecule has 1 aliphatic heterocycles. The second-order valence-corrected chi connectivity index (χ2v) is 6.81. The number of carbonyl (C=O) groups is 2. The number of rotatable bonds is 3. The highest BCUT2D eigenvalue weighted by Crippen LogP contribution is 2.27. The van der Waals surface area contributed by atoms with Gasteiger partial charge in [-0.1, -0.05) is 24.3 Å². The second kappa shape index (κ2) is 6.67. The second-order valence-electron chi connectivity index (χ2n) is 6.81. The Morgan fingerprint density at radius 3 is 2.48 bits per heavy atom. The summed E-state index contributed by atoms with van der Waals surface area (Å²) in [5, 5.41) is 3.05. The van der Waals surface area contributed by atoms with Gasteiger partial charge in [-0.05, 0) is 38.8 Å². The van der Waals surface area contributed by atoms with Gasteiger partial charge in [-0.3, -0.25) is 9.59 Å². The van der Waals surface area contributed by atoms with Crippen LogP contribution >= 0.6 is 0 Å². The molecule has 2 amide bonds. The summed E-state index contributed by atoms with van der Waals surface area (Å²) in [6.07, 6.45) is 1.85. The van der Waals surface area contributed by atoms with Crippen LogP contribution in [0.15, 0.2) is 42.6 Å². The molecule has 2 heterocycles. The number of amides is 2. The van der Waals surface area contributed by atoms with Crippen LogP contribution in [-0.4, -0.2) is 22.8 Å². The fraction of sp³-hybridized carbons (Fsp3) is 0.350. The van der Waals surface area contributed by atoms with Gasteiger partial charge in [0.1, 0.15) is 0 Å². The molecule has 1 atom stereocenters. The molecular formula is C20H24N3O2+. The number of anilines is 1. The van der Waals surface area contributed by atoms with Gasteiger partial charge in [0.05, 0.1) is 0 Å². The monoisotopic (exact) mass is 338 g/mol. The molecule has 0 radical (unpaired) electrons. The number of hydrogen-bond donors (Lipinski definition) is 1. The molecule has 130 valence electrons. The van der Waals surface area contributed by atoms with Gasteiger partial charge in [-0.15, -0.1) is 0 Å². The molecule has 0 bridgehead atoms. The number of fused-ring (bicyclic) bond motifs is 1. The van der Waals surface area contributed by atoms with Crippen LogP contribution in [0.25, 0.3) is 0 Å².